The van der Waals surface area contributed by atoms with E-state index in [2.05, 4.69) is 15.5 Å². The minimum absolute atomic E-state index is 0.0900. The van der Waals surface area contributed by atoms with E-state index < -0.39 is 0 Å². The first-order valence-electron chi connectivity index (χ1n) is 7.08. The van der Waals surface area contributed by atoms with Crippen LogP contribution in [0, 0.1) is 13.8 Å². The van der Waals surface area contributed by atoms with Crippen molar-refractivity contribution >= 4 is 23.4 Å². The minimum Gasteiger partial charge on any atom is -0.336 e. The molecule has 0 spiro atoms. The zero-order chi connectivity index (χ0) is 16.3. The standard InChI is InChI=1S/C15H21N5OS/c1-9(2)14-18-19-15(20(14)16)22-8-13(21)17-12-7-10(3)5-6-11(12)4/h5-7,9H,8,16H2,1-4H3,(H,17,21). The molecule has 1 aromatic carbocycles. The second-order valence-electron chi connectivity index (χ2n) is 5.52. The number of aromatic nitrogens is 3. The Morgan fingerprint density at radius 1 is 1.36 bits per heavy atom. The van der Waals surface area contributed by atoms with Crippen molar-refractivity contribution in [2.24, 2.45) is 0 Å². The van der Waals surface area contributed by atoms with E-state index in [1.807, 2.05) is 45.9 Å². The first kappa shape index (κ1) is 16.4. The van der Waals surface area contributed by atoms with Gasteiger partial charge in [-0.2, -0.15) is 0 Å². The fraction of sp³-hybridized carbons (Fsp3) is 0.400. The largest absolute Gasteiger partial charge is 0.336 e. The number of nitrogen functional groups attached to an aromatic ring is 1. The number of nitrogens with two attached hydrogens (primary N) is 1. The maximum Gasteiger partial charge on any atom is 0.234 e. The normalized spacial score (nSPS) is 11.0. The van der Waals surface area contributed by atoms with E-state index in [9.17, 15) is 4.79 Å². The number of aryl methyl sites for hydroxylation is 2. The molecule has 22 heavy (non-hydrogen) atoms. The summed E-state index contributed by atoms with van der Waals surface area (Å²) in [4.78, 5) is 12.1. The average Bonchev–Trinajstić information content (AvgIpc) is 2.82. The predicted octanol–water partition coefficient (Wildman–Crippen LogP) is 2.46. The number of amides is 1. The van der Waals surface area contributed by atoms with Gasteiger partial charge < -0.3 is 11.2 Å². The second-order valence-corrected chi connectivity index (χ2v) is 6.46. The van der Waals surface area contributed by atoms with Crippen LogP contribution in [0.3, 0.4) is 0 Å². The van der Waals surface area contributed by atoms with Crippen LogP contribution >= 0.6 is 11.8 Å². The summed E-state index contributed by atoms with van der Waals surface area (Å²) in [5, 5.41) is 11.5. The molecule has 118 valence electrons. The van der Waals surface area contributed by atoms with Gasteiger partial charge in [0.05, 0.1) is 5.75 Å². The molecule has 0 unspecified atom stereocenters. The molecule has 7 heteroatoms. The van der Waals surface area contributed by atoms with Crippen molar-refractivity contribution < 1.29 is 4.79 Å². The molecule has 0 aliphatic rings. The minimum atomic E-state index is -0.0900. The van der Waals surface area contributed by atoms with Gasteiger partial charge in [0.25, 0.3) is 0 Å². The van der Waals surface area contributed by atoms with Gasteiger partial charge in [0.2, 0.25) is 11.1 Å². The van der Waals surface area contributed by atoms with E-state index in [0.29, 0.717) is 11.0 Å². The molecule has 3 N–H and O–H groups in total. The summed E-state index contributed by atoms with van der Waals surface area (Å²) in [6.45, 7) is 7.95. The van der Waals surface area contributed by atoms with Crippen LogP contribution in [0.15, 0.2) is 23.4 Å². The molecule has 1 heterocycles. The molecule has 0 saturated heterocycles. The molecule has 0 radical (unpaired) electrons. The summed E-state index contributed by atoms with van der Waals surface area (Å²) < 4.78 is 1.44. The van der Waals surface area contributed by atoms with Gasteiger partial charge in [-0.05, 0) is 31.0 Å². The van der Waals surface area contributed by atoms with E-state index in [-0.39, 0.29) is 17.6 Å². The number of hydrogen-bond donors (Lipinski definition) is 2. The highest BCUT2D eigenvalue weighted by Crippen LogP contribution is 2.20. The van der Waals surface area contributed by atoms with Crippen molar-refractivity contribution in [3.8, 4) is 0 Å². The van der Waals surface area contributed by atoms with Gasteiger partial charge in [0.15, 0.2) is 5.82 Å². The number of benzene rings is 1. The summed E-state index contributed by atoms with van der Waals surface area (Å²) in [6, 6.07) is 5.97. The molecular formula is C15H21N5OS. The van der Waals surface area contributed by atoms with Gasteiger partial charge in [-0.15, -0.1) is 10.2 Å². The van der Waals surface area contributed by atoms with Crippen LogP contribution in [0.1, 0.15) is 36.7 Å². The lowest BCUT2D eigenvalue weighted by molar-refractivity contribution is -0.113. The van der Waals surface area contributed by atoms with E-state index in [1.54, 1.807) is 0 Å². The highest BCUT2D eigenvalue weighted by molar-refractivity contribution is 7.99. The maximum atomic E-state index is 12.1. The molecule has 0 atom stereocenters. The molecule has 0 saturated carbocycles. The van der Waals surface area contributed by atoms with Crippen molar-refractivity contribution in [3.05, 3.63) is 35.2 Å². The van der Waals surface area contributed by atoms with Crippen molar-refractivity contribution in [2.75, 3.05) is 16.9 Å². The monoisotopic (exact) mass is 319 g/mol. The Labute approximate surface area is 134 Å². The van der Waals surface area contributed by atoms with Crippen LogP contribution in [0.5, 0.6) is 0 Å². The molecular weight excluding hydrogens is 298 g/mol. The Hall–Kier alpha value is -2.02. The van der Waals surface area contributed by atoms with Crippen LogP contribution in [0.25, 0.3) is 0 Å². The first-order chi connectivity index (χ1) is 10.4. The Bertz CT molecular complexity index is 681. The summed E-state index contributed by atoms with van der Waals surface area (Å²) in [7, 11) is 0. The lowest BCUT2D eigenvalue weighted by Gasteiger charge is -2.09. The number of anilines is 1. The Balaban J connectivity index is 1.97. The highest BCUT2D eigenvalue weighted by Gasteiger charge is 2.14. The van der Waals surface area contributed by atoms with Crippen molar-refractivity contribution in [3.63, 3.8) is 0 Å². The van der Waals surface area contributed by atoms with Gasteiger partial charge >= 0.3 is 0 Å². The average molecular weight is 319 g/mol. The fourth-order valence-corrected chi connectivity index (χ4v) is 2.63. The summed E-state index contributed by atoms with van der Waals surface area (Å²) in [6.07, 6.45) is 0. The summed E-state index contributed by atoms with van der Waals surface area (Å²) in [5.41, 5.74) is 2.98. The second kappa shape index (κ2) is 6.83. The zero-order valence-corrected chi connectivity index (χ0v) is 14.1. The van der Waals surface area contributed by atoms with E-state index in [1.165, 1.54) is 16.4 Å². The summed E-state index contributed by atoms with van der Waals surface area (Å²) in [5.74, 6) is 6.97. The van der Waals surface area contributed by atoms with Gasteiger partial charge in [-0.25, -0.2) is 4.68 Å². The SMILES string of the molecule is Cc1ccc(C)c(NC(=O)CSc2nnc(C(C)C)n2N)c1. The lowest BCUT2D eigenvalue weighted by atomic mass is 10.1. The Morgan fingerprint density at radius 3 is 2.73 bits per heavy atom. The Kier molecular flexibility index (Phi) is 5.07. The third-order valence-electron chi connectivity index (χ3n) is 3.21. The number of thioether (sulfide) groups is 1. The van der Waals surface area contributed by atoms with Crippen LogP contribution in [0.4, 0.5) is 5.69 Å². The quantitative estimate of drug-likeness (QED) is 0.653. The molecule has 0 bridgehead atoms. The topological polar surface area (TPSA) is 85.8 Å². The maximum absolute atomic E-state index is 12.1. The smallest absolute Gasteiger partial charge is 0.234 e. The predicted molar refractivity (Wildman–Crippen MR) is 89.5 cm³/mol. The molecule has 2 rings (SSSR count). The fourth-order valence-electron chi connectivity index (χ4n) is 1.97. The van der Waals surface area contributed by atoms with Gasteiger partial charge in [-0.1, -0.05) is 37.7 Å². The zero-order valence-electron chi connectivity index (χ0n) is 13.3. The van der Waals surface area contributed by atoms with Gasteiger partial charge in [0, 0.05) is 11.6 Å². The number of hydrogen-bond acceptors (Lipinski definition) is 5. The highest BCUT2D eigenvalue weighted by atomic mass is 32.2. The van der Waals surface area contributed by atoms with Gasteiger partial charge in [-0.3, -0.25) is 4.79 Å². The molecule has 0 aliphatic heterocycles. The first-order valence-corrected chi connectivity index (χ1v) is 8.07. The Morgan fingerprint density at radius 2 is 2.09 bits per heavy atom. The molecule has 0 aliphatic carbocycles. The number of carbonyl (C=O) groups excluding carboxylic acids is 1. The van der Waals surface area contributed by atoms with E-state index >= 15 is 0 Å². The number of carbonyl (C=O) groups is 1. The van der Waals surface area contributed by atoms with Gasteiger partial charge in [0.1, 0.15) is 0 Å². The van der Waals surface area contributed by atoms with E-state index in [4.69, 9.17) is 5.84 Å². The van der Waals surface area contributed by atoms with E-state index in [0.717, 1.165) is 16.8 Å². The van der Waals surface area contributed by atoms with Crippen molar-refractivity contribution in [1.29, 1.82) is 0 Å². The third kappa shape index (κ3) is 3.79. The number of nitrogens with one attached hydrogen (secondary N) is 1. The van der Waals surface area contributed by atoms with Crippen LogP contribution < -0.4 is 11.2 Å². The molecule has 0 fully saturated rings. The van der Waals surface area contributed by atoms with Crippen LogP contribution in [0.2, 0.25) is 0 Å². The molecule has 1 amide bonds. The summed E-state index contributed by atoms with van der Waals surface area (Å²) >= 11 is 1.28. The number of nitrogens with zero attached hydrogens (tertiary/aromatic N) is 3. The molecule has 2 aromatic rings. The van der Waals surface area contributed by atoms with Crippen LogP contribution in [-0.4, -0.2) is 26.5 Å². The van der Waals surface area contributed by atoms with Crippen molar-refractivity contribution in [2.45, 2.75) is 38.8 Å². The number of rotatable bonds is 5. The van der Waals surface area contributed by atoms with Crippen molar-refractivity contribution in [1.82, 2.24) is 14.9 Å². The lowest BCUT2D eigenvalue weighted by Crippen LogP contribution is -2.18. The molecule has 6 nitrogen and oxygen atoms in total. The van der Waals surface area contributed by atoms with Crippen LogP contribution in [-0.2, 0) is 4.79 Å². The third-order valence-corrected chi connectivity index (χ3v) is 4.15. The molecule has 1 aromatic heterocycles.